The minimum absolute atomic E-state index is 0.750. The predicted molar refractivity (Wildman–Crippen MR) is 93.0 cm³/mol. The van der Waals surface area contributed by atoms with Gasteiger partial charge in [0.1, 0.15) is 0 Å². The van der Waals surface area contributed by atoms with Crippen LogP contribution in [0.1, 0.15) is 29.0 Å². The van der Waals surface area contributed by atoms with Gasteiger partial charge in [-0.15, -0.1) is 11.3 Å². The molecule has 3 nitrogen and oxygen atoms in total. The van der Waals surface area contributed by atoms with Crippen molar-refractivity contribution in [3.8, 4) is 0 Å². The SMILES string of the molecule is Cc1ncsc1CN(C)c1ccc(CNC2CC2)cc1Br. The normalized spacial score (nSPS) is 14.4. The van der Waals surface area contributed by atoms with Crippen LogP contribution in [-0.4, -0.2) is 18.1 Å². The Labute approximate surface area is 138 Å². The zero-order valence-corrected chi connectivity index (χ0v) is 14.8. The highest BCUT2D eigenvalue weighted by atomic mass is 79.9. The van der Waals surface area contributed by atoms with Crippen LogP contribution in [-0.2, 0) is 13.1 Å². The summed E-state index contributed by atoms with van der Waals surface area (Å²) in [4.78, 5) is 7.91. The lowest BCUT2D eigenvalue weighted by Crippen LogP contribution is -2.18. The Hall–Kier alpha value is -0.910. The summed E-state index contributed by atoms with van der Waals surface area (Å²) >= 11 is 5.43. The number of hydrogen-bond donors (Lipinski definition) is 1. The first-order valence-electron chi connectivity index (χ1n) is 7.25. The molecule has 1 saturated carbocycles. The molecule has 3 rings (SSSR count). The summed E-state index contributed by atoms with van der Waals surface area (Å²) in [5.41, 5.74) is 5.60. The molecule has 1 fully saturated rings. The average molecular weight is 366 g/mol. The van der Waals surface area contributed by atoms with Crippen LogP contribution in [0, 0.1) is 6.92 Å². The van der Waals surface area contributed by atoms with Gasteiger partial charge in [0.05, 0.1) is 23.4 Å². The summed E-state index contributed by atoms with van der Waals surface area (Å²) in [6.45, 7) is 3.93. The number of aromatic nitrogens is 1. The number of thiazole rings is 1. The third-order valence-electron chi connectivity index (χ3n) is 3.82. The fourth-order valence-electron chi connectivity index (χ4n) is 2.30. The van der Waals surface area contributed by atoms with E-state index in [-0.39, 0.29) is 0 Å². The summed E-state index contributed by atoms with van der Waals surface area (Å²) in [5, 5.41) is 3.55. The number of aryl methyl sites for hydroxylation is 1. The third kappa shape index (κ3) is 3.84. The van der Waals surface area contributed by atoms with E-state index in [4.69, 9.17) is 0 Å². The van der Waals surface area contributed by atoms with Crippen molar-refractivity contribution in [2.24, 2.45) is 0 Å². The molecule has 0 amide bonds. The van der Waals surface area contributed by atoms with E-state index in [0.717, 1.165) is 29.3 Å². The molecule has 112 valence electrons. The fraction of sp³-hybridized carbons (Fsp3) is 0.438. The van der Waals surface area contributed by atoms with Gasteiger partial charge in [0, 0.05) is 29.0 Å². The molecule has 1 aromatic heterocycles. The monoisotopic (exact) mass is 365 g/mol. The van der Waals surface area contributed by atoms with Crippen LogP contribution in [0.25, 0.3) is 0 Å². The van der Waals surface area contributed by atoms with Gasteiger partial charge >= 0.3 is 0 Å². The smallest absolute Gasteiger partial charge is 0.0798 e. The van der Waals surface area contributed by atoms with E-state index in [9.17, 15) is 0 Å². The van der Waals surface area contributed by atoms with Crippen molar-refractivity contribution in [2.75, 3.05) is 11.9 Å². The molecule has 0 radical (unpaired) electrons. The second-order valence-electron chi connectivity index (χ2n) is 5.66. The first-order chi connectivity index (χ1) is 10.1. The number of nitrogens with one attached hydrogen (secondary N) is 1. The molecule has 1 heterocycles. The summed E-state index contributed by atoms with van der Waals surface area (Å²) in [5.74, 6) is 0. The minimum Gasteiger partial charge on any atom is -0.368 e. The number of hydrogen-bond acceptors (Lipinski definition) is 4. The van der Waals surface area contributed by atoms with E-state index in [2.05, 4.69) is 63.3 Å². The van der Waals surface area contributed by atoms with Gasteiger partial charge in [-0.3, -0.25) is 0 Å². The average Bonchev–Trinajstić information content (AvgIpc) is 3.20. The summed E-state index contributed by atoms with van der Waals surface area (Å²) in [6.07, 6.45) is 2.66. The summed E-state index contributed by atoms with van der Waals surface area (Å²) in [7, 11) is 2.13. The lowest BCUT2D eigenvalue weighted by Gasteiger charge is -2.21. The van der Waals surface area contributed by atoms with Crippen molar-refractivity contribution < 1.29 is 0 Å². The number of rotatable bonds is 6. The van der Waals surface area contributed by atoms with Crippen molar-refractivity contribution in [3.05, 3.63) is 44.3 Å². The molecule has 0 atom stereocenters. The Kier molecular flexibility index (Phi) is 4.62. The van der Waals surface area contributed by atoms with E-state index >= 15 is 0 Å². The zero-order valence-electron chi connectivity index (χ0n) is 12.4. The van der Waals surface area contributed by atoms with Gasteiger partial charge in [-0.1, -0.05) is 6.07 Å². The lowest BCUT2D eigenvalue weighted by atomic mass is 10.2. The maximum atomic E-state index is 4.32. The largest absolute Gasteiger partial charge is 0.368 e. The van der Waals surface area contributed by atoms with Gasteiger partial charge in [-0.25, -0.2) is 4.98 Å². The highest BCUT2D eigenvalue weighted by molar-refractivity contribution is 9.10. The molecule has 2 aromatic rings. The van der Waals surface area contributed by atoms with Crippen LogP contribution in [0.2, 0.25) is 0 Å². The first-order valence-corrected chi connectivity index (χ1v) is 8.92. The van der Waals surface area contributed by atoms with Crippen molar-refractivity contribution >= 4 is 33.0 Å². The van der Waals surface area contributed by atoms with Crippen molar-refractivity contribution in [2.45, 2.75) is 38.9 Å². The van der Waals surface area contributed by atoms with Crippen LogP contribution in [0.3, 0.4) is 0 Å². The van der Waals surface area contributed by atoms with Crippen molar-refractivity contribution in [1.29, 1.82) is 0 Å². The van der Waals surface area contributed by atoms with Gasteiger partial charge in [-0.2, -0.15) is 0 Å². The van der Waals surface area contributed by atoms with Crippen LogP contribution < -0.4 is 10.2 Å². The highest BCUT2D eigenvalue weighted by Gasteiger charge is 2.20. The van der Waals surface area contributed by atoms with Crippen molar-refractivity contribution in [3.63, 3.8) is 0 Å². The van der Waals surface area contributed by atoms with E-state index in [1.54, 1.807) is 11.3 Å². The Bertz CT molecular complexity index is 622. The maximum absolute atomic E-state index is 4.32. The zero-order chi connectivity index (χ0) is 14.8. The molecule has 1 aliphatic carbocycles. The number of nitrogens with zero attached hydrogens (tertiary/aromatic N) is 2. The molecular formula is C16H20BrN3S. The molecule has 0 bridgehead atoms. The van der Waals surface area contributed by atoms with E-state index in [1.807, 2.05) is 5.51 Å². The topological polar surface area (TPSA) is 28.2 Å². The molecule has 0 saturated heterocycles. The standard InChI is InChI=1S/C16H20BrN3S/c1-11-16(21-10-19-11)9-20(2)15-6-3-12(7-14(15)17)8-18-13-4-5-13/h3,6-7,10,13,18H,4-5,8-9H2,1-2H3. The first kappa shape index (κ1) is 15.0. The van der Waals surface area contributed by atoms with Gasteiger partial charge in [0.2, 0.25) is 0 Å². The second-order valence-corrected chi connectivity index (χ2v) is 7.45. The Morgan fingerprint density at radius 3 is 2.86 bits per heavy atom. The van der Waals surface area contributed by atoms with Crippen LogP contribution in [0.4, 0.5) is 5.69 Å². The Balaban J connectivity index is 1.67. The summed E-state index contributed by atoms with van der Waals surface area (Å²) < 4.78 is 1.15. The second kappa shape index (κ2) is 6.46. The van der Waals surface area contributed by atoms with Crippen LogP contribution >= 0.6 is 27.3 Å². The van der Waals surface area contributed by atoms with Crippen molar-refractivity contribution in [1.82, 2.24) is 10.3 Å². The number of anilines is 1. The maximum Gasteiger partial charge on any atom is 0.0798 e. The molecule has 1 N–H and O–H groups in total. The van der Waals surface area contributed by atoms with E-state index in [1.165, 1.54) is 29.0 Å². The Morgan fingerprint density at radius 1 is 1.43 bits per heavy atom. The van der Waals surface area contributed by atoms with E-state index in [0.29, 0.717) is 0 Å². The van der Waals surface area contributed by atoms with Gasteiger partial charge < -0.3 is 10.2 Å². The predicted octanol–water partition coefficient (Wildman–Crippen LogP) is 4.10. The van der Waals surface area contributed by atoms with E-state index < -0.39 is 0 Å². The van der Waals surface area contributed by atoms with Gasteiger partial charge in [0.25, 0.3) is 0 Å². The lowest BCUT2D eigenvalue weighted by molar-refractivity contribution is 0.687. The molecule has 5 heteroatoms. The fourth-order valence-corrected chi connectivity index (χ4v) is 3.86. The number of benzene rings is 1. The summed E-state index contributed by atoms with van der Waals surface area (Å²) in [6, 6.07) is 7.39. The highest BCUT2D eigenvalue weighted by Crippen LogP contribution is 2.29. The molecule has 1 aromatic carbocycles. The molecule has 0 aliphatic heterocycles. The quantitative estimate of drug-likeness (QED) is 0.834. The molecule has 0 unspecified atom stereocenters. The van der Waals surface area contributed by atoms with Gasteiger partial charge in [-0.05, 0) is 53.4 Å². The molecule has 1 aliphatic rings. The number of halogens is 1. The minimum atomic E-state index is 0.750. The van der Waals surface area contributed by atoms with Crippen LogP contribution in [0.15, 0.2) is 28.2 Å². The third-order valence-corrected chi connectivity index (χ3v) is 5.38. The molecular weight excluding hydrogens is 346 g/mol. The Morgan fingerprint density at radius 2 is 2.24 bits per heavy atom. The van der Waals surface area contributed by atoms with Gasteiger partial charge in [0.15, 0.2) is 0 Å². The molecule has 21 heavy (non-hydrogen) atoms. The van der Waals surface area contributed by atoms with Crippen LogP contribution in [0.5, 0.6) is 0 Å². The molecule has 0 spiro atoms.